The number of fused-ring (bicyclic) bond motifs is 1. The molecule has 0 bridgehead atoms. The predicted octanol–water partition coefficient (Wildman–Crippen LogP) is 2.61. The minimum atomic E-state index is 0.130. The second-order valence-electron chi connectivity index (χ2n) is 8.19. The topological polar surface area (TPSA) is 71.7 Å². The van der Waals surface area contributed by atoms with Gasteiger partial charge in [-0.3, -0.25) is 9.89 Å². The maximum atomic E-state index is 6.00. The standard InChI is InChI=1S/C24H34N4O4/c1-17-5-6-21(32-17)20(27-9-11-31-12-10-27)15-26-24(25-2)28-8-7-18-13-22(29-3)23(30-4)14-19(18)16-28/h5-6,13-14,20H,7-12,15-16H2,1-4H3,(H,25,26). The molecule has 2 aliphatic heterocycles. The van der Waals surface area contributed by atoms with Crippen LogP contribution in [-0.2, 0) is 17.7 Å². The Bertz CT molecular complexity index is 936. The van der Waals surface area contributed by atoms with E-state index in [4.69, 9.17) is 18.6 Å². The molecule has 1 saturated heterocycles. The summed E-state index contributed by atoms with van der Waals surface area (Å²) in [6, 6.07) is 8.41. The third-order valence-corrected chi connectivity index (χ3v) is 6.26. The van der Waals surface area contributed by atoms with Gasteiger partial charge in [-0.2, -0.15) is 0 Å². The Morgan fingerprint density at radius 2 is 1.81 bits per heavy atom. The fourth-order valence-electron chi connectivity index (χ4n) is 4.52. The summed E-state index contributed by atoms with van der Waals surface area (Å²) in [4.78, 5) is 9.29. The molecule has 4 rings (SSSR count). The largest absolute Gasteiger partial charge is 0.493 e. The van der Waals surface area contributed by atoms with Gasteiger partial charge in [-0.1, -0.05) is 0 Å². The van der Waals surface area contributed by atoms with Crippen molar-refractivity contribution in [3.63, 3.8) is 0 Å². The lowest BCUT2D eigenvalue weighted by Crippen LogP contribution is -2.48. The van der Waals surface area contributed by atoms with Crippen molar-refractivity contribution >= 4 is 5.96 Å². The molecule has 1 atom stereocenters. The highest BCUT2D eigenvalue weighted by molar-refractivity contribution is 5.80. The van der Waals surface area contributed by atoms with Crippen molar-refractivity contribution in [2.75, 3.05) is 60.7 Å². The predicted molar refractivity (Wildman–Crippen MR) is 124 cm³/mol. The second-order valence-corrected chi connectivity index (χ2v) is 8.19. The molecular formula is C24H34N4O4. The number of morpholine rings is 1. The van der Waals surface area contributed by atoms with Gasteiger partial charge in [0.15, 0.2) is 17.5 Å². The third-order valence-electron chi connectivity index (χ3n) is 6.26. The molecule has 1 aromatic heterocycles. The van der Waals surface area contributed by atoms with Gasteiger partial charge >= 0.3 is 0 Å². The Morgan fingerprint density at radius 1 is 1.09 bits per heavy atom. The van der Waals surface area contributed by atoms with E-state index in [2.05, 4.69) is 38.3 Å². The summed E-state index contributed by atoms with van der Waals surface area (Å²) in [7, 11) is 5.19. The SMILES string of the molecule is CN=C(NCC(c1ccc(C)o1)N1CCOCC1)N1CCc2cc(OC)c(OC)cc2C1. The van der Waals surface area contributed by atoms with Crippen LogP contribution in [0.25, 0.3) is 0 Å². The number of rotatable bonds is 6. The Kier molecular flexibility index (Phi) is 7.22. The number of benzene rings is 1. The number of nitrogens with one attached hydrogen (secondary N) is 1. The quantitative estimate of drug-likeness (QED) is 0.545. The Labute approximate surface area is 190 Å². The van der Waals surface area contributed by atoms with E-state index in [0.29, 0.717) is 0 Å². The van der Waals surface area contributed by atoms with Crippen molar-refractivity contribution in [1.29, 1.82) is 0 Å². The first kappa shape index (κ1) is 22.5. The van der Waals surface area contributed by atoms with Crippen LogP contribution in [0.2, 0.25) is 0 Å². The molecule has 1 N–H and O–H groups in total. The lowest BCUT2D eigenvalue weighted by Gasteiger charge is -2.36. The van der Waals surface area contributed by atoms with Gasteiger partial charge in [-0.25, -0.2) is 0 Å². The second kappa shape index (κ2) is 10.3. The van der Waals surface area contributed by atoms with Crippen LogP contribution in [0.5, 0.6) is 11.5 Å². The molecule has 0 aliphatic carbocycles. The van der Waals surface area contributed by atoms with Crippen molar-refractivity contribution in [2.45, 2.75) is 25.9 Å². The average molecular weight is 443 g/mol. The van der Waals surface area contributed by atoms with Crippen LogP contribution in [0, 0.1) is 6.92 Å². The minimum Gasteiger partial charge on any atom is -0.493 e. The first-order valence-corrected chi connectivity index (χ1v) is 11.2. The number of hydrogen-bond acceptors (Lipinski definition) is 6. The van der Waals surface area contributed by atoms with Crippen molar-refractivity contribution < 1.29 is 18.6 Å². The van der Waals surface area contributed by atoms with Crippen molar-refractivity contribution in [2.24, 2.45) is 4.99 Å². The number of guanidine groups is 1. The summed E-state index contributed by atoms with van der Waals surface area (Å²) in [5.41, 5.74) is 2.54. The van der Waals surface area contributed by atoms with E-state index in [1.165, 1.54) is 11.1 Å². The number of methoxy groups -OCH3 is 2. The van der Waals surface area contributed by atoms with E-state index in [9.17, 15) is 0 Å². The summed E-state index contributed by atoms with van der Waals surface area (Å²) >= 11 is 0. The van der Waals surface area contributed by atoms with Crippen LogP contribution in [0.15, 0.2) is 33.7 Å². The normalized spacial score (nSPS) is 18.2. The molecule has 0 radical (unpaired) electrons. The maximum Gasteiger partial charge on any atom is 0.194 e. The van der Waals surface area contributed by atoms with Gasteiger partial charge in [0.1, 0.15) is 11.5 Å². The summed E-state index contributed by atoms with van der Waals surface area (Å²) in [6.07, 6.45) is 0.931. The highest BCUT2D eigenvalue weighted by atomic mass is 16.5. The Morgan fingerprint density at radius 3 is 2.44 bits per heavy atom. The number of aliphatic imine (C=N–C) groups is 1. The zero-order chi connectivity index (χ0) is 22.5. The van der Waals surface area contributed by atoms with Crippen molar-refractivity contribution in [3.05, 3.63) is 46.9 Å². The fourth-order valence-corrected chi connectivity index (χ4v) is 4.52. The minimum absolute atomic E-state index is 0.130. The van der Waals surface area contributed by atoms with E-state index in [0.717, 1.165) is 81.3 Å². The van der Waals surface area contributed by atoms with Gasteiger partial charge < -0.3 is 28.8 Å². The number of aryl methyl sites for hydroxylation is 1. The van der Waals surface area contributed by atoms with Crippen LogP contribution in [0.3, 0.4) is 0 Å². The van der Waals surface area contributed by atoms with Crippen LogP contribution in [0.1, 0.15) is 28.7 Å². The molecule has 0 spiro atoms. The molecule has 8 heteroatoms. The summed E-state index contributed by atoms with van der Waals surface area (Å²) < 4.78 is 22.5. The van der Waals surface area contributed by atoms with Gasteiger partial charge in [-0.05, 0) is 48.7 Å². The van der Waals surface area contributed by atoms with Crippen molar-refractivity contribution in [1.82, 2.24) is 15.1 Å². The molecule has 32 heavy (non-hydrogen) atoms. The zero-order valence-corrected chi connectivity index (χ0v) is 19.5. The van der Waals surface area contributed by atoms with E-state index >= 15 is 0 Å². The maximum absolute atomic E-state index is 6.00. The smallest absolute Gasteiger partial charge is 0.194 e. The molecule has 1 unspecified atom stereocenters. The number of ether oxygens (including phenoxy) is 3. The van der Waals surface area contributed by atoms with Crippen LogP contribution in [-0.4, -0.2) is 76.4 Å². The summed E-state index contributed by atoms with van der Waals surface area (Å²) in [6.45, 7) is 7.66. The molecule has 2 aliphatic rings. The number of nitrogens with zero attached hydrogens (tertiary/aromatic N) is 3. The molecule has 174 valence electrons. The van der Waals surface area contributed by atoms with Gasteiger partial charge in [0.05, 0.1) is 33.5 Å². The monoisotopic (exact) mass is 442 g/mol. The lowest BCUT2D eigenvalue weighted by molar-refractivity contribution is 0.0123. The van der Waals surface area contributed by atoms with Gasteiger partial charge in [0.25, 0.3) is 0 Å². The Balaban J connectivity index is 1.47. The van der Waals surface area contributed by atoms with E-state index in [1.807, 2.05) is 20.0 Å². The molecule has 8 nitrogen and oxygen atoms in total. The average Bonchev–Trinajstić information content (AvgIpc) is 3.27. The third kappa shape index (κ3) is 4.86. The highest BCUT2D eigenvalue weighted by Gasteiger charge is 2.27. The molecule has 0 amide bonds. The van der Waals surface area contributed by atoms with E-state index in [-0.39, 0.29) is 6.04 Å². The van der Waals surface area contributed by atoms with Gasteiger partial charge in [0.2, 0.25) is 0 Å². The van der Waals surface area contributed by atoms with E-state index in [1.54, 1.807) is 14.2 Å². The van der Waals surface area contributed by atoms with Crippen LogP contribution >= 0.6 is 0 Å². The molecule has 2 aromatic rings. The van der Waals surface area contributed by atoms with Crippen LogP contribution < -0.4 is 14.8 Å². The lowest BCUT2D eigenvalue weighted by atomic mass is 9.99. The number of hydrogen-bond donors (Lipinski definition) is 1. The molecular weight excluding hydrogens is 408 g/mol. The molecule has 1 aromatic carbocycles. The van der Waals surface area contributed by atoms with Crippen LogP contribution in [0.4, 0.5) is 0 Å². The Hall–Kier alpha value is -2.71. The van der Waals surface area contributed by atoms with Crippen molar-refractivity contribution in [3.8, 4) is 11.5 Å². The molecule has 0 saturated carbocycles. The first-order valence-electron chi connectivity index (χ1n) is 11.2. The van der Waals surface area contributed by atoms with E-state index < -0.39 is 0 Å². The fraction of sp³-hybridized carbons (Fsp3) is 0.542. The molecule has 3 heterocycles. The highest BCUT2D eigenvalue weighted by Crippen LogP contribution is 2.33. The zero-order valence-electron chi connectivity index (χ0n) is 19.5. The van der Waals surface area contributed by atoms with Gasteiger partial charge in [0, 0.05) is 39.8 Å². The summed E-state index contributed by atoms with van der Waals surface area (Å²) in [5, 5.41) is 3.60. The number of furan rings is 1. The summed E-state index contributed by atoms with van der Waals surface area (Å²) in [5.74, 6) is 4.35. The molecule has 1 fully saturated rings. The first-order chi connectivity index (χ1) is 15.6. The van der Waals surface area contributed by atoms with Gasteiger partial charge in [-0.15, -0.1) is 0 Å².